The molecule has 1 unspecified atom stereocenters. The van der Waals surface area contributed by atoms with Crippen LogP contribution in [0, 0.1) is 0 Å². The van der Waals surface area contributed by atoms with Crippen molar-refractivity contribution in [3.63, 3.8) is 0 Å². The maximum atomic E-state index is 12.5. The molecule has 0 spiro atoms. The third-order valence-electron chi connectivity index (χ3n) is 10.7. The smallest absolute Gasteiger partial charge is 0.217 e. The van der Waals surface area contributed by atoms with Gasteiger partial charge in [0.15, 0.2) is 31.5 Å². The van der Waals surface area contributed by atoms with Gasteiger partial charge in [-0.1, -0.05) is 0 Å². The molecule has 5 fully saturated rings. The van der Waals surface area contributed by atoms with Crippen LogP contribution in [0.4, 0.5) is 0 Å². The first kappa shape index (κ1) is 47.6. The molecule has 5 rings (SSSR count). The van der Waals surface area contributed by atoms with Crippen LogP contribution in [0.25, 0.3) is 0 Å². The number of hydrogen-bond donors (Lipinski definition) is 16. The first-order chi connectivity index (χ1) is 27.4. The summed E-state index contributed by atoms with van der Waals surface area (Å²) < 4.78 is 50.8. The first-order valence-corrected chi connectivity index (χ1v) is 18.5. The molecule has 0 radical (unpaired) electrons. The molecule has 5 saturated heterocycles. The number of carbonyl (C=O) groups is 1. The molecule has 5 aliphatic rings. The van der Waals surface area contributed by atoms with Gasteiger partial charge in [0.25, 0.3) is 0 Å². The van der Waals surface area contributed by atoms with E-state index in [4.69, 9.17) is 42.6 Å². The van der Waals surface area contributed by atoms with Gasteiger partial charge in [0.05, 0.1) is 32.5 Å². The van der Waals surface area contributed by atoms with Crippen LogP contribution < -0.4 is 5.32 Å². The lowest BCUT2D eigenvalue weighted by atomic mass is 9.94. The van der Waals surface area contributed by atoms with Gasteiger partial charge in [0, 0.05) is 6.92 Å². The quantitative estimate of drug-likeness (QED) is 0.0818. The average Bonchev–Trinajstić information content (AvgIpc) is 3.19. The summed E-state index contributed by atoms with van der Waals surface area (Å²) in [5.41, 5.74) is 0. The monoisotopic (exact) mass is 853 g/mol. The van der Waals surface area contributed by atoms with Crippen molar-refractivity contribution in [1.82, 2.24) is 5.32 Å². The SMILES string of the molecule is CC(=O)N[C@H]1[C@H](O[C@H]2[C@@H](O)[C@@H](CO)O[C@@H](O[C@H]3[C@H](O[C@@H]4O[C@@H](C)[C@@H](O)[C@@H](O)[C@@H]4O)[C@@H](O)C(O)O[C@@H]3CO)[C@@H]2O)O[C@H](CO)[C@@H](O)[C@@H]1O[C@@H]1O[C@H](CO)[C@H](O)[C@H](O)[C@H]1O. The van der Waals surface area contributed by atoms with Gasteiger partial charge < -0.3 is 125 Å². The summed E-state index contributed by atoms with van der Waals surface area (Å²) in [6.45, 7) is -1.34. The minimum atomic E-state index is -2.15. The van der Waals surface area contributed by atoms with E-state index >= 15 is 0 Å². The molecule has 338 valence electrons. The van der Waals surface area contributed by atoms with Crippen molar-refractivity contribution in [2.24, 2.45) is 0 Å². The number of hydrogen-bond acceptors (Lipinski definition) is 25. The van der Waals surface area contributed by atoms with E-state index in [2.05, 4.69) is 5.32 Å². The van der Waals surface area contributed by atoms with Crippen molar-refractivity contribution >= 4 is 5.91 Å². The van der Waals surface area contributed by atoms with Crippen LogP contribution >= 0.6 is 0 Å². The van der Waals surface area contributed by atoms with E-state index in [9.17, 15) is 81.4 Å². The van der Waals surface area contributed by atoms with Crippen molar-refractivity contribution in [1.29, 1.82) is 0 Å². The second kappa shape index (κ2) is 20.1. The summed E-state index contributed by atoms with van der Waals surface area (Å²) in [5.74, 6) is -0.801. The minimum absolute atomic E-state index is 0.801. The van der Waals surface area contributed by atoms with Crippen molar-refractivity contribution in [2.75, 3.05) is 26.4 Å². The third-order valence-corrected chi connectivity index (χ3v) is 10.7. The highest BCUT2D eigenvalue weighted by Crippen LogP contribution is 2.36. The van der Waals surface area contributed by atoms with Gasteiger partial charge in [-0.2, -0.15) is 0 Å². The molecule has 5 aliphatic heterocycles. The summed E-state index contributed by atoms with van der Waals surface area (Å²) in [4.78, 5) is 12.5. The fourth-order valence-corrected chi connectivity index (χ4v) is 7.36. The topological polar surface area (TPSA) is 416 Å². The molecule has 0 aromatic carbocycles. The molecule has 0 aromatic rings. The Morgan fingerprint density at radius 2 is 0.879 bits per heavy atom. The zero-order valence-electron chi connectivity index (χ0n) is 31.1. The molecule has 0 aliphatic carbocycles. The molecule has 1 amide bonds. The number of ether oxygens (including phenoxy) is 9. The molecule has 0 saturated carbocycles. The summed E-state index contributed by atoms with van der Waals surface area (Å²) in [7, 11) is 0. The van der Waals surface area contributed by atoms with Gasteiger partial charge >= 0.3 is 0 Å². The number of amides is 1. The van der Waals surface area contributed by atoms with Crippen LogP contribution in [0.1, 0.15) is 13.8 Å². The minimum Gasteiger partial charge on any atom is -0.394 e. The van der Waals surface area contributed by atoms with Gasteiger partial charge in [-0.15, -0.1) is 0 Å². The Kier molecular flexibility index (Phi) is 16.5. The second-order valence-electron chi connectivity index (χ2n) is 14.7. The second-order valence-corrected chi connectivity index (χ2v) is 14.7. The van der Waals surface area contributed by atoms with Gasteiger partial charge in [-0.3, -0.25) is 4.79 Å². The highest BCUT2D eigenvalue weighted by molar-refractivity contribution is 5.73. The maximum Gasteiger partial charge on any atom is 0.217 e. The number of rotatable bonds is 13. The van der Waals surface area contributed by atoms with Crippen molar-refractivity contribution in [2.45, 2.75) is 167 Å². The molecule has 26 heteroatoms. The molecular weight excluding hydrogens is 798 g/mol. The number of aliphatic hydroxyl groups excluding tert-OH is 15. The highest BCUT2D eigenvalue weighted by atomic mass is 16.8. The Morgan fingerprint density at radius 1 is 0.448 bits per heavy atom. The van der Waals surface area contributed by atoms with Crippen LogP contribution in [0.15, 0.2) is 0 Å². The Morgan fingerprint density at radius 3 is 1.43 bits per heavy atom. The Labute approximate surface area is 329 Å². The lowest BCUT2D eigenvalue weighted by molar-refractivity contribution is -0.392. The van der Waals surface area contributed by atoms with Gasteiger partial charge in [-0.25, -0.2) is 0 Å². The van der Waals surface area contributed by atoms with Crippen LogP contribution in [0.3, 0.4) is 0 Å². The van der Waals surface area contributed by atoms with E-state index in [0.717, 1.165) is 6.92 Å². The Bertz CT molecular complexity index is 1310. The number of nitrogens with one attached hydrogen (secondary N) is 1. The lowest BCUT2D eigenvalue weighted by Gasteiger charge is -2.50. The maximum absolute atomic E-state index is 12.5. The molecule has 0 aromatic heterocycles. The molecule has 0 bridgehead atoms. The van der Waals surface area contributed by atoms with E-state index in [-0.39, 0.29) is 0 Å². The van der Waals surface area contributed by atoms with E-state index < -0.39 is 186 Å². The van der Waals surface area contributed by atoms with Crippen molar-refractivity contribution in [3.8, 4) is 0 Å². The van der Waals surface area contributed by atoms with Gasteiger partial charge in [-0.05, 0) is 6.92 Å². The molecule has 5 heterocycles. The largest absolute Gasteiger partial charge is 0.394 e. The summed E-state index contributed by atoms with van der Waals surface area (Å²) >= 11 is 0. The molecule has 25 atom stereocenters. The van der Waals surface area contributed by atoms with Crippen LogP contribution in [-0.2, 0) is 47.4 Å². The molecule has 16 N–H and O–H groups in total. The third kappa shape index (κ3) is 9.75. The van der Waals surface area contributed by atoms with E-state index in [1.54, 1.807) is 0 Å². The molecular formula is C32H55NO25. The van der Waals surface area contributed by atoms with Crippen LogP contribution in [-0.4, -0.2) is 262 Å². The Hall–Kier alpha value is -1.49. The number of carbonyl (C=O) groups excluding carboxylic acids is 1. The zero-order valence-corrected chi connectivity index (χ0v) is 31.1. The summed E-state index contributed by atoms with van der Waals surface area (Å²) in [5, 5.41) is 160. The summed E-state index contributed by atoms with van der Waals surface area (Å²) in [6, 6.07) is -1.67. The lowest BCUT2D eigenvalue weighted by Crippen LogP contribution is -2.70. The predicted octanol–water partition coefficient (Wildman–Crippen LogP) is -10.8. The normalized spacial score (nSPS) is 51.6. The molecule has 26 nitrogen and oxygen atoms in total. The standard InChI is InChI=1S/C32H55NO25/c1-7-14(39)18(43)20(45)30(50-7)58-27-22(47)28(49)51-12(6-37)24(27)55-32-23(48)26(17(42)11(5-36)54-32)57-29-13(33-8(2)38)25(16(41)10(4-35)52-29)56-31-21(46)19(44)15(40)9(3-34)53-31/h7,9-32,34-37,39-49H,3-6H2,1-2H3,(H,33,38)/t7-,9+,10+,11+,12+,13+,14+,15-,16+,17-,18+,19-,20-,21+,22+,23+,24+,25+,26-,27+,28?,29-,30-,31-,32-/m0/s1. The highest BCUT2D eigenvalue weighted by Gasteiger charge is 2.57. The fourth-order valence-electron chi connectivity index (χ4n) is 7.36. The van der Waals surface area contributed by atoms with Crippen LogP contribution in [0.5, 0.6) is 0 Å². The van der Waals surface area contributed by atoms with Crippen LogP contribution in [0.2, 0.25) is 0 Å². The zero-order chi connectivity index (χ0) is 42.9. The van der Waals surface area contributed by atoms with Crippen molar-refractivity contribution in [3.05, 3.63) is 0 Å². The number of aliphatic hydroxyl groups is 15. The van der Waals surface area contributed by atoms with Gasteiger partial charge in [0.1, 0.15) is 116 Å². The molecule has 58 heavy (non-hydrogen) atoms. The predicted molar refractivity (Wildman–Crippen MR) is 177 cm³/mol. The average molecular weight is 854 g/mol. The van der Waals surface area contributed by atoms with E-state index in [0.29, 0.717) is 0 Å². The van der Waals surface area contributed by atoms with Crippen molar-refractivity contribution < 1.29 is 124 Å². The first-order valence-electron chi connectivity index (χ1n) is 18.5. The van der Waals surface area contributed by atoms with E-state index in [1.807, 2.05) is 0 Å². The van der Waals surface area contributed by atoms with Gasteiger partial charge in [0.2, 0.25) is 5.91 Å². The fraction of sp³-hybridized carbons (Fsp3) is 0.969. The van der Waals surface area contributed by atoms with E-state index in [1.165, 1.54) is 6.92 Å². The Balaban J connectivity index is 1.42. The summed E-state index contributed by atoms with van der Waals surface area (Å²) in [6.07, 6.45) is -43.4.